The normalized spacial score (nSPS) is 21.7. The predicted molar refractivity (Wildman–Crippen MR) is 82.4 cm³/mol. The first-order valence-electron chi connectivity index (χ1n) is 7.73. The Kier molecular flexibility index (Phi) is 4.21. The summed E-state index contributed by atoms with van der Waals surface area (Å²) in [7, 11) is -2.21. The minimum absolute atomic E-state index is 0.451. The molecule has 0 atom stereocenters. The van der Waals surface area contributed by atoms with Crippen LogP contribution in [0.4, 0.5) is 0 Å². The van der Waals surface area contributed by atoms with Crippen LogP contribution in [0.1, 0.15) is 45.4 Å². The predicted octanol–water partition coefficient (Wildman–Crippen LogP) is 4.05. The van der Waals surface area contributed by atoms with Crippen molar-refractivity contribution in [3.05, 3.63) is 30.3 Å². The molecule has 0 unspecified atom stereocenters. The average Bonchev–Trinajstić information content (AvgIpc) is 2.37. The Morgan fingerprint density at radius 1 is 0.947 bits per heavy atom. The van der Waals surface area contributed by atoms with Crippen molar-refractivity contribution < 1.29 is 9.05 Å². The molecule has 3 rings (SSSR count). The van der Waals surface area contributed by atoms with Gasteiger partial charge in [0.1, 0.15) is 0 Å². The van der Waals surface area contributed by atoms with Gasteiger partial charge in [-0.3, -0.25) is 0 Å². The molecule has 2 saturated carbocycles. The molecule has 3 heteroatoms. The van der Waals surface area contributed by atoms with Gasteiger partial charge in [-0.1, -0.05) is 0 Å². The zero-order valence-corrected chi connectivity index (χ0v) is 12.8. The standard InChI is InChI=1S/C16H25O2P/c1-2-19(17-14-8-6-9-14,18-15-10-7-11-15)16-12-4-3-5-13-16/h3-5,12-15,19H,2,6-11H2,1H3. The Morgan fingerprint density at radius 2 is 1.47 bits per heavy atom. The van der Waals surface area contributed by atoms with E-state index >= 15 is 0 Å². The fraction of sp³-hybridized carbons (Fsp3) is 0.625. The van der Waals surface area contributed by atoms with E-state index in [1.807, 2.05) is 0 Å². The van der Waals surface area contributed by atoms with Gasteiger partial charge in [-0.15, -0.1) is 0 Å². The summed E-state index contributed by atoms with van der Waals surface area (Å²) in [6.45, 7) is 2.23. The molecule has 1 aromatic rings. The summed E-state index contributed by atoms with van der Waals surface area (Å²) in [5.74, 6) is 0. The molecule has 0 aliphatic heterocycles. The summed E-state index contributed by atoms with van der Waals surface area (Å²) < 4.78 is 13.1. The monoisotopic (exact) mass is 280 g/mol. The molecule has 0 N–H and O–H groups in total. The second-order valence-corrected chi connectivity index (χ2v) is 9.08. The van der Waals surface area contributed by atoms with E-state index in [0.29, 0.717) is 12.2 Å². The molecular weight excluding hydrogens is 255 g/mol. The van der Waals surface area contributed by atoms with E-state index < -0.39 is 7.72 Å². The van der Waals surface area contributed by atoms with E-state index in [2.05, 4.69) is 37.3 Å². The van der Waals surface area contributed by atoms with Gasteiger partial charge in [0.25, 0.3) is 0 Å². The molecule has 2 nitrogen and oxygen atoms in total. The van der Waals surface area contributed by atoms with Crippen molar-refractivity contribution in [1.82, 2.24) is 0 Å². The van der Waals surface area contributed by atoms with E-state index in [0.717, 1.165) is 6.16 Å². The minimum atomic E-state index is -2.21. The van der Waals surface area contributed by atoms with E-state index in [4.69, 9.17) is 9.05 Å². The quantitative estimate of drug-likeness (QED) is 0.732. The van der Waals surface area contributed by atoms with Gasteiger partial charge in [0.2, 0.25) is 0 Å². The van der Waals surface area contributed by atoms with Crippen LogP contribution in [0.3, 0.4) is 0 Å². The van der Waals surface area contributed by atoms with Gasteiger partial charge < -0.3 is 0 Å². The van der Waals surface area contributed by atoms with Crippen LogP contribution < -0.4 is 5.30 Å². The van der Waals surface area contributed by atoms with Gasteiger partial charge in [0.15, 0.2) is 0 Å². The second kappa shape index (κ2) is 5.91. The number of hydrogen-bond donors (Lipinski definition) is 0. The zero-order valence-electron chi connectivity index (χ0n) is 11.8. The topological polar surface area (TPSA) is 18.5 Å². The van der Waals surface area contributed by atoms with Crippen LogP contribution in [-0.4, -0.2) is 18.4 Å². The van der Waals surface area contributed by atoms with Crippen molar-refractivity contribution in [2.75, 3.05) is 6.16 Å². The van der Waals surface area contributed by atoms with Crippen LogP contribution in [-0.2, 0) is 9.05 Å². The Labute approximate surface area is 117 Å². The molecule has 1 aromatic carbocycles. The van der Waals surface area contributed by atoms with Gasteiger partial charge in [0.05, 0.1) is 0 Å². The maximum atomic E-state index is 6.53. The van der Waals surface area contributed by atoms with Crippen LogP contribution in [0.5, 0.6) is 0 Å². The molecular formula is C16H25O2P. The fourth-order valence-electron chi connectivity index (χ4n) is 2.74. The fourth-order valence-corrected chi connectivity index (χ4v) is 6.06. The summed E-state index contributed by atoms with van der Waals surface area (Å²) in [6, 6.07) is 10.7. The molecule has 0 bridgehead atoms. The van der Waals surface area contributed by atoms with Crippen molar-refractivity contribution >= 4 is 13.0 Å². The molecule has 106 valence electrons. The molecule has 19 heavy (non-hydrogen) atoms. The number of benzene rings is 1. The van der Waals surface area contributed by atoms with Crippen LogP contribution in [0.2, 0.25) is 0 Å². The van der Waals surface area contributed by atoms with Crippen LogP contribution in [0, 0.1) is 0 Å². The summed E-state index contributed by atoms with van der Waals surface area (Å²) >= 11 is 0. The van der Waals surface area contributed by atoms with Crippen LogP contribution >= 0.6 is 7.72 Å². The third kappa shape index (κ3) is 2.86. The summed E-state index contributed by atoms with van der Waals surface area (Å²) in [5, 5.41) is 1.32. The van der Waals surface area contributed by atoms with Crippen LogP contribution in [0.25, 0.3) is 0 Å². The Bertz CT molecular complexity index is 382. The summed E-state index contributed by atoms with van der Waals surface area (Å²) in [6.07, 6.45) is 9.42. The first-order valence-corrected chi connectivity index (χ1v) is 9.76. The van der Waals surface area contributed by atoms with E-state index in [1.54, 1.807) is 0 Å². The molecule has 2 aliphatic rings. The summed E-state index contributed by atoms with van der Waals surface area (Å²) in [5.41, 5.74) is 0. The summed E-state index contributed by atoms with van der Waals surface area (Å²) in [4.78, 5) is 0. The Hall–Kier alpha value is -0.430. The second-order valence-electron chi connectivity index (χ2n) is 5.81. The van der Waals surface area contributed by atoms with Crippen molar-refractivity contribution in [3.63, 3.8) is 0 Å². The van der Waals surface area contributed by atoms with Gasteiger partial charge >= 0.3 is 116 Å². The third-order valence-corrected chi connectivity index (χ3v) is 8.07. The van der Waals surface area contributed by atoms with Gasteiger partial charge in [-0.05, 0) is 0 Å². The molecule has 2 aliphatic carbocycles. The molecule has 0 aromatic heterocycles. The number of rotatable bonds is 6. The van der Waals surface area contributed by atoms with Crippen molar-refractivity contribution in [2.45, 2.75) is 57.7 Å². The van der Waals surface area contributed by atoms with Gasteiger partial charge in [0, 0.05) is 0 Å². The van der Waals surface area contributed by atoms with E-state index in [-0.39, 0.29) is 0 Å². The third-order valence-electron chi connectivity index (χ3n) is 4.50. The van der Waals surface area contributed by atoms with Crippen LogP contribution in [0.15, 0.2) is 30.3 Å². The van der Waals surface area contributed by atoms with E-state index in [1.165, 1.54) is 43.8 Å². The number of hydrogen-bond acceptors (Lipinski definition) is 2. The zero-order chi connectivity index (χ0) is 13.1. The molecule has 0 spiro atoms. The Morgan fingerprint density at radius 3 is 1.84 bits per heavy atom. The molecule has 2 fully saturated rings. The first kappa shape index (κ1) is 13.5. The maximum absolute atomic E-state index is 6.53. The SMILES string of the molecule is CC[PH](OC1CCC1)(OC1CCC1)c1ccccc1. The Balaban J connectivity index is 1.82. The van der Waals surface area contributed by atoms with E-state index in [9.17, 15) is 0 Å². The first-order chi connectivity index (χ1) is 9.32. The molecule has 0 heterocycles. The van der Waals surface area contributed by atoms with Crippen molar-refractivity contribution in [3.8, 4) is 0 Å². The van der Waals surface area contributed by atoms with Gasteiger partial charge in [-0.2, -0.15) is 0 Å². The van der Waals surface area contributed by atoms with Gasteiger partial charge in [-0.25, -0.2) is 0 Å². The molecule has 0 amide bonds. The van der Waals surface area contributed by atoms with Crippen molar-refractivity contribution in [1.29, 1.82) is 0 Å². The molecule has 0 saturated heterocycles. The molecule has 0 radical (unpaired) electrons. The van der Waals surface area contributed by atoms with Crippen molar-refractivity contribution in [2.24, 2.45) is 0 Å². The average molecular weight is 280 g/mol.